The van der Waals surface area contributed by atoms with Gasteiger partial charge >= 0.3 is 6.11 Å². The number of benzene rings is 4. The van der Waals surface area contributed by atoms with Crippen molar-refractivity contribution in [3.8, 4) is 39.4 Å². The first-order valence-corrected chi connectivity index (χ1v) is 13.0. The Hall–Kier alpha value is -4.87. The number of nitrogens with zero attached hydrogens (tertiary/aromatic N) is 2. The largest absolute Gasteiger partial charge is 0.432 e. The van der Waals surface area contributed by atoms with Crippen LogP contribution in [0.25, 0.3) is 33.6 Å². The van der Waals surface area contributed by atoms with E-state index >= 15 is 0 Å². The number of aromatic nitrogens is 2. The molecule has 0 aliphatic carbocycles. The zero-order chi connectivity index (χ0) is 31.8. The molecule has 12 heteroatoms. The number of ether oxygens (including phenoxy) is 1. The van der Waals surface area contributed by atoms with E-state index in [1.807, 2.05) is 6.92 Å². The van der Waals surface area contributed by atoms with Crippen LogP contribution in [0.5, 0.6) is 5.75 Å². The van der Waals surface area contributed by atoms with Crippen LogP contribution in [0.3, 0.4) is 0 Å². The van der Waals surface area contributed by atoms with Gasteiger partial charge in [-0.3, -0.25) is 0 Å². The second-order valence-electron chi connectivity index (χ2n) is 9.69. The predicted octanol–water partition coefficient (Wildman–Crippen LogP) is 9.53. The van der Waals surface area contributed by atoms with Crippen molar-refractivity contribution in [2.75, 3.05) is 0 Å². The molecule has 0 saturated heterocycles. The molecule has 0 saturated carbocycles. The number of rotatable bonds is 8. The molecule has 0 atom stereocenters. The van der Waals surface area contributed by atoms with Gasteiger partial charge in [-0.2, -0.15) is 8.78 Å². The smallest absolute Gasteiger partial charge is 0.429 e. The van der Waals surface area contributed by atoms with E-state index < -0.39 is 74.8 Å². The van der Waals surface area contributed by atoms with Crippen molar-refractivity contribution in [2.24, 2.45) is 0 Å². The number of alkyl halides is 2. The molecule has 226 valence electrons. The zero-order valence-corrected chi connectivity index (χ0v) is 22.5. The van der Waals surface area contributed by atoms with E-state index in [1.54, 1.807) is 12.4 Å². The third-order valence-corrected chi connectivity index (χ3v) is 6.60. The molecular formula is C32H19F9N2O. The standard InChI is InChI=1S/C32H19F9N2O/c1-2-3-16-14-42-31(43-15-16)17-4-6-21(23(33)8-17)18-9-25(35)29(26(36)10-18)32(40,41)44-20-5-7-22(24(34)13-20)19-11-27(37)30(39)28(38)12-19/h4-15H,2-3H2,1H3. The summed E-state index contributed by atoms with van der Waals surface area (Å²) in [6, 6.07) is 7.56. The summed E-state index contributed by atoms with van der Waals surface area (Å²) in [4.78, 5) is 8.37. The summed E-state index contributed by atoms with van der Waals surface area (Å²) < 4.78 is 134. The molecule has 5 rings (SSSR count). The molecule has 0 bridgehead atoms. The van der Waals surface area contributed by atoms with Crippen LogP contribution in [0.15, 0.2) is 73.1 Å². The highest BCUT2D eigenvalue weighted by Gasteiger charge is 2.41. The van der Waals surface area contributed by atoms with Gasteiger partial charge in [0, 0.05) is 35.2 Å². The second kappa shape index (κ2) is 12.0. The van der Waals surface area contributed by atoms with E-state index in [0.29, 0.717) is 30.3 Å². The van der Waals surface area contributed by atoms with Crippen LogP contribution in [0.4, 0.5) is 39.5 Å². The molecule has 0 amide bonds. The van der Waals surface area contributed by atoms with Gasteiger partial charge in [0.2, 0.25) is 0 Å². The third-order valence-electron chi connectivity index (χ3n) is 6.60. The van der Waals surface area contributed by atoms with E-state index in [-0.39, 0.29) is 17.0 Å². The molecule has 0 aliphatic rings. The summed E-state index contributed by atoms with van der Waals surface area (Å²) in [6.45, 7) is 1.99. The van der Waals surface area contributed by atoms with Gasteiger partial charge in [-0.1, -0.05) is 25.5 Å². The van der Waals surface area contributed by atoms with Crippen LogP contribution < -0.4 is 4.74 Å². The summed E-state index contributed by atoms with van der Waals surface area (Å²) in [5, 5.41) is 0. The maximum absolute atomic E-state index is 15.0. The first-order chi connectivity index (χ1) is 20.9. The SMILES string of the molecule is CCCc1cnc(-c2ccc(-c3cc(F)c(C(F)(F)Oc4ccc(-c5cc(F)c(F)c(F)c5)c(F)c4)c(F)c3)c(F)c2)nc1. The lowest BCUT2D eigenvalue weighted by Crippen LogP contribution is -2.25. The molecule has 44 heavy (non-hydrogen) atoms. The Morgan fingerprint density at radius 2 is 1.11 bits per heavy atom. The minimum Gasteiger partial charge on any atom is -0.429 e. The monoisotopic (exact) mass is 618 g/mol. The van der Waals surface area contributed by atoms with Crippen LogP contribution in [0, 0.1) is 40.7 Å². The van der Waals surface area contributed by atoms with Crippen molar-refractivity contribution < 1.29 is 44.3 Å². The maximum Gasteiger partial charge on any atom is 0.432 e. The van der Waals surface area contributed by atoms with Crippen LogP contribution >= 0.6 is 0 Å². The molecule has 0 spiro atoms. The lowest BCUT2D eigenvalue weighted by Gasteiger charge is -2.20. The molecule has 0 unspecified atom stereocenters. The Bertz CT molecular complexity index is 1810. The lowest BCUT2D eigenvalue weighted by atomic mass is 10.00. The minimum absolute atomic E-state index is 0.210. The summed E-state index contributed by atoms with van der Waals surface area (Å²) in [5.74, 6) is -11.5. The summed E-state index contributed by atoms with van der Waals surface area (Å²) in [7, 11) is 0. The first kappa shape index (κ1) is 30.6. The number of hydrogen-bond donors (Lipinski definition) is 0. The molecule has 0 aliphatic heterocycles. The van der Waals surface area contributed by atoms with Crippen LogP contribution in [0.2, 0.25) is 0 Å². The van der Waals surface area contributed by atoms with Crippen molar-refractivity contribution >= 4 is 0 Å². The van der Waals surface area contributed by atoms with Crippen LogP contribution in [-0.2, 0) is 12.5 Å². The van der Waals surface area contributed by atoms with Gasteiger partial charge in [-0.25, -0.2) is 40.7 Å². The molecule has 4 aromatic carbocycles. The highest BCUT2D eigenvalue weighted by atomic mass is 19.3. The van der Waals surface area contributed by atoms with Gasteiger partial charge in [0.1, 0.15) is 34.6 Å². The van der Waals surface area contributed by atoms with E-state index in [4.69, 9.17) is 0 Å². The van der Waals surface area contributed by atoms with Crippen molar-refractivity contribution in [3.05, 3.63) is 125 Å². The normalized spacial score (nSPS) is 11.6. The number of aryl methyl sites for hydroxylation is 1. The van der Waals surface area contributed by atoms with Crippen molar-refractivity contribution in [2.45, 2.75) is 25.9 Å². The van der Waals surface area contributed by atoms with E-state index in [1.165, 1.54) is 12.1 Å². The Morgan fingerprint density at radius 3 is 1.64 bits per heavy atom. The molecule has 0 fully saturated rings. The zero-order valence-electron chi connectivity index (χ0n) is 22.5. The second-order valence-corrected chi connectivity index (χ2v) is 9.69. The van der Waals surface area contributed by atoms with Gasteiger partial charge in [0.05, 0.1) is 0 Å². The maximum atomic E-state index is 15.0. The summed E-state index contributed by atoms with van der Waals surface area (Å²) >= 11 is 0. The van der Waals surface area contributed by atoms with Crippen molar-refractivity contribution in [1.29, 1.82) is 0 Å². The van der Waals surface area contributed by atoms with E-state index in [0.717, 1.165) is 36.6 Å². The number of hydrogen-bond acceptors (Lipinski definition) is 3. The average molecular weight is 618 g/mol. The van der Waals surface area contributed by atoms with Gasteiger partial charge in [-0.05, 0) is 65.6 Å². The Morgan fingerprint density at radius 1 is 0.614 bits per heavy atom. The van der Waals surface area contributed by atoms with Gasteiger partial charge in [-0.15, -0.1) is 0 Å². The van der Waals surface area contributed by atoms with Crippen molar-refractivity contribution in [1.82, 2.24) is 9.97 Å². The van der Waals surface area contributed by atoms with Crippen LogP contribution in [0.1, 0.15) is 24.5 Å². The fourth-order valence-electron chi connectivity index (χ4n) is 4.52. The van der Waals surface area contributed by atoms with E-state index in [9.17, 15) is 39.5 Å². The highest BCUT2D eigenvalue weighted by molar-refractivity contribution is 5.69. The average Bonchev–Trinajstić information content (AvgIpc) is 2.95. The Kier molecular flexibility index (Phi) is 8.36. The molecule has 1 heterocycles. The van der Waals surface area contributed by atoms with Gasteiger partial charge in [0.15, 0.2) is 23.3 Å². The first-order valence-electron chi connectivity index (χ1n) is 13.0. The molecule has 0 radical (unpaired) electrons. The fraction of sp³-hybridized carbons (Fsp3) is 0.125. The third kappa shape index (κ3) is 6.10. The van der Waals surface area contributed by atoms with Gasteiger partial charge < -0.3 is 4.74 Å². The predicted molar refractivity (Wildman–Crippen MR) is 143 cm³/mol. The molecule has 0 N–H and O–H groups in total. The summed E-state index contributed by atoms with van der Waals surface area (Å²) in [6.07, 6.45) is 0.154. The topological polar surface area (TPSA) is 35.0 Å². The molecule has 3 nitrogen and oxygen atoms in total. The summed E-state index contributed by atoms with van der Waals surface area (Å²) in [5.41, 5.74) is -2.28. The van der Waals surface area contributed by atoms with E-state index in [2.05, 4.69) is 14.7 Å². The molecule has 1 aromatic heterocycles. The minimum atomic E-state index is -4.68. The Balaban J connectivity index is 1.39. The molecule has 5 aromatic rings. The fourth-order valence-corrected chi connectivity index (χ4v) is 4.52. The quantitative estimate of drug-likeness (QED) is 0.128. The highest BCUT2D eigenvalue weighted by Crippen LogP contribution is 2.39. The Labute approximate surface area is 244 Å². The van der Waals surface area contributed by atoms with Gasteiger partial charge in [0.25, 0.3) is 0 Å². The number of halogens is 9. The van der Waals surface area contributed by atoms with Crippen molar-refractivity contribution in [3.63, 3.8) is 0 Å². The molecular weight excluding hydrogens is 599 g/mol. The lowest BCUT2D eigenvalue weighted by molar-refractivity contribution is -0.189. The van der Waals surface area contributed by atoms with Crippen LogP contribution in [-0.4, -0.2) is 9.97 Å².